The highest BCUT2D eigenvalue weighted by Gasteiger charge is 2.08. The summed E-state index contributed by atoms with van der Waals surface area (Å²) >= 11 is 1.51. The van der Waals surface area contributed by atoms with Gasteiger partial charge in [0, 0.05) is 17.2 Å². The molecule has 7 heteroatoms. The zero-order valence-electron chi connectivity index (χ0n) is 18.8. The highest BCUT2D eigenvalue weighted by molar-refractivity contribution is 7.10. The molecule has 1 amide bonds. The second-order valence-electron chi connectivity index (χ2n) is 5.58. The first kappa shape index (κ1) is 29.7. The Morgan fingerprint density at radius 3 is 2.11 bits per heavy atom. The Balaban J connectivity index is 0.000000733. The number of hydrogen-bond donors (Lipinski definition) is 1. The first-order valence-electron chi connectivity index (χ1n) is 9.57. The van der Waals surface area contributed by atoms with Gasteiger partial charge < -0.3 is 0 Å². The molecule has 0 bridgehead atoms. The van der Waals surface area contributed by atoms with Gasteiger partial charge in [-0.3, -0.25) is 14.9 Å². The minimum atomic E-state index is -0.445. The van der Waals surface area contributed by atoms with E-state index in [9.17, 15) is 14.9 Å². The van der Waals surface area contributed by atoms with Crippen molar-refractivity contribution in [3.8, 4) is 0 Å². The lowest BCUT2D eigenvalue weighted by Gasteiger charge is -1.96. The molecule has 0 atom stereocenters. The van der Waals surface area contributed by atoms with E-state index in [4.69, 9.17) is 0 Å². The molecule has 0 fully saturated rings. The van der Waals surface area contributed by atoms with E-state index in [2.05, 4.69) is 88.4 Å². The van der Waals surface area contributed by atoms with Gasteiger partial charge in [-0.05, 0) is 84.6 Å². The van der Waals surface area contributed by atoms with Crippen molar-refractivity contribution in [2.24, 2.45) is 5.10 Å². The number of thiophene rings is 1. The molecule has 35 heavy (non-hydrogen) atoms. The summed E-state index contributed by atoms with van der Waals surface area (Å²) in [5.41, 5.74) is 24.4. The predicted molar refractivity (Wildman–Crippen MR) is 141 cm³/mol. The fraction of sp³-hybridized carbons (Fsp3) is 0.0357. The van der Waals surface area contributed by atoms with Crippen LogP contribution in [0.5, 0.6) is 0 Å². The summed E-state index contributed by atoms with van der Waals surface area (Å²) in [5, 5.41) is 16.5. The zero-order valence-corrected chi connectivity index (χ0v) is 19.7. The van der Waals surface area contributed by atoms with Gasteiger partial charge in [0.1, 0.15) is 0 Å². The summed E-state index contributed by atoms with van der Waals surface area (Å²) in [4.78, 5) is 22.9. The monoisotopic (exact) mass is 479 g/mol. The third-order valence-corrected chi connectivity index (χ3v) is 4.09. The minimum absolute atomic E-state index is 0.0221. The Bertz CT molecular complexity index is 1340. The maximum Gasteiger partial charge on any atom is 0.276 e. The lowest BCUT2D eigenvalue weighted by Crippen LogP contribution is -2.18. The van der Waals surface area contributed by atoms with E-state index in [1.165, 1.54) is 29.7 Å². The van der Waals surface area contributed by atoms with Crippen molar-refractivity contribution in [1.82, 2.24) is 5.43 Å². The number of carbonyl (C=O) groups excluding carboxylic acids is 1. The fourth-order valence-electron chi connectivity index (χ4n) is 1.91. The van der Waals surface area contributed by atoms with Crippen molar-refractivity contribution in [2.45, 2.75) is 6.42 Å². The van der Waals surface area contributed by atoms with Crippen LogP contribution in [0.1, 0.15) is 10.4 Å². The van der Waals surface area contributed by atoms with Crippen molar-refractivity contribution < 1.29 is 9.72 Å². The maximum atomic E-state index is 11.6. The average Bonchev–Trinajstić information content (AvgIpc) is 3.37. The molecule has 6 nitrogen and oxygen atoms in total. The van der Waals surface area contributed by atoms with Crippen LogP contribution in [0.15, 0.2) is 131 Å². The van der Waals surface area contributed by atoms with Crippen molar-refractivity contribution in [3.63, 3.8) is 0 Å². The van der Waals surface area contributed by atoms with Gasteiger partial charge in [0.2, 0.25) is 5.91 Å². The summed E-state index contributed by atoms with van der Waals surface area (Å²) in [6.45, 7) is 13.0. The fourth-order valence-corrected chi connectivity index (χ4v) is 2.62. The molecule has 1 aromatic heterocycles. The molecule has 0 saturated heterocycles. The third kappa shape index (κ3) is 16.1. The third-order valence-electron chi connectivity index (χ3n) is 3.22. The number of nitro groups is 1. The molecule has 0 radical (unpaired) electrons. The van der Waals surface area contributed by atoms with Crippen LogP contribution in [0.4, 0.5) is 5.69 Å². The number of hydrazone groups is 1. The van der Waals surface area contributed by atoms with E-state index in [1.807, 2.05) is 17.5 Å². The molecule has 0 aliphatic heterocycles. The lowest BCUT2D eigenvalue weighted by molar-refractivity contribution is -0.385. The van der Waals surface area contributed by atoms with Crippen LogP contribution in [0.3, 0.4) is 0 Å². The lowest BCUT2D eigenvalue weighted by atomic mass is 10.2. The Kier molecular flexibility index (Phi) is 17.5. The van der Waals surface area contributed by atoms with Gasteiger partial charge >= 0.3 is 0 Å². The van der Waals surface area contributed by atoms with Gasteiger partial charge in [0.05, 0.1) is 16.9 Å². The number of carbonyl (C=O) groups is 1. The van der Waals surface area contributed by atoms with Crippen LogP contribution in [-0.2, 0) is 11.2 Å². The SMILES string of the molecule is C=C=C=C=C=C.C=C=C=C=C=C=C.O=C(Cc1cccs1)N/N=C/C=C/c1ccccc1[N+](=O)[O-]. The van der Waals surface area contributed by atoms with Gasteiger partial charge in [-0.25, -0.2) is 5.43 Å². The standard InChI is InChI=1S/C15H13N3O3S.C7H4.C6H4/c19-15(11-13-7-4-10-22-13)17-16-9-3-6-12-5-1-2-8-14(12)18(20)21;1-3-5-7-6-4-2;1-3-5-6-4-2/h1-10H,11H2,(H,17,19);1-2H2;1-2H2/b6-3+,16-9+;;. The Hall–Kier alpha value is -5.30. The summed E-state index contributed by atoms with van der Waals surface area (Å²) in [5.74, 6) is -0.210. The molecule has 172 valence electrons. The number of benzene rings is 1. The summed E-state index contributed by atoms with van der Waals surface area (Å²) in [6, 6.07) is 10.1. The summed E-state index contributed by atoms with van der Waals surface area (Å²) < 4.78 is 0. The normalized spacial score (nSPS) is 8.23. The molecule has 0 saturated carbocycles. The van der Waals surface area contributed by atoms with E-state index >= 15 is 0 Å². The van der Waals surface area contributed by atoms with E-state index in [1.54, 1.807) is 24.3 Å². The molecule has 0 spiro atoms. The van der Waals surface area contributed by atoms with Crippen LogP contribution in [0.25, 0.3) is 6.08 Å². The first-order chi connectivity index (χ1) is 17.0. The van der Waals surface area contributed by atoms with E-state index < -0.39 is 4.92 Å². The van der Waals surface area contributed by atoms with E-state index in [0.717, 1.165) is 4.88 Å². The van der Waals surface area contributed by atoms with Crippen molar-refractivity contribution in [2.75, 3.05) is 0 Å². The van der Waals surface area contributed by atoms with Crippen molar-refractivity contribution in [1.29, 1.82) is 0 Å². The number of nitrogens with zero attached hydrogens (tertiary/aromatic N) is 2. The van der Waals surface area contributed by atoms with Crippen LogP contribution < -0.4 is 5.43 Å². The van der Waals surface area contributed by atoms with Crippen LogP contribution in [0.2, 0.25) is 0 Å². The Morgan fingerprint density at radius 2 is 1.57 bits per heavy atom. The smallest absolute Gasteiger partial charge is 0.273 e. The molecular weight excluding hydrogens is 458 g/mol. The number of rotatable bonds is 6. The quantitative estimate of drug-likeness (QED) is 0.238. The first-order valence-corrected chi connectivity index (χ1v) is 10.5. The molecular formula is C28H21N3O3S. The second kappa shape index (κ2) is 20.6. The molecule has 2 aromatic rings. The Labute approximate surface area is 208 Å². The number of nitro benzene ring substituents is 1. The number of amides is 1. The number of allylic oxidation sites excluding steroid dienone is 1. The highest BCUT2D eigenvalue weighted by atomic mass is 32.1. The maximum absolute atomic E-state index is 11.6. The highest BCUT2D eigenvalue weighted by Crippen LogP contribution is 2.18. The molecule has 1 N–H and O–H groups in total. The average molecular weight is 480 g/mol. The molecule has 2 rings (SSSR count). The number of hydrogen-bond acceptors (Lipinski definition) is 5. The number of nitrogens with one attached hydrogen (secondary N) is 1. The topological polar surface area (TPSA) is 84.6 Å². The largest absolute Gasteiger partial charge is 0.276 e. The molecule has 1 heterocycles. The van der Waals surface area contributed by atoms with E-state index in [0.29, 0.717) is 5.56 Å². The van der Waals surface area contributed by atoms with Crippen LogP contribution >= 0.6 is 11.3 Å². The molecule has 0 aliphatic carbocycles. The van der Waals surface area contributed by atoms with Gasteiger partial charge in [-0.1, -0.05) is 41.1 Å². The minimum Gasteiger partial charge on any atom is -0.273 e. The van der Waals surface area contributed by atoms with Crippen molar-refractivity contribution in [3.05, 3.63) is 146 Å². The predicted octanol–water partition coefficient (Wildman–Crippen LogP) is 6.01. The number of para-hydroxylation sites is 1. The molecule has 1 aromatic carbocycles. The summed E-state index contributed by atoms with van der Waals surface area (Å²) in [6.07, 6.45) is 4.76. The van der Waals surface area contributed by atoms with Gasteiger partial charge in [-0.15, -0.1) is 11.3 Å². The van der Waals surface area contributed by atoms with Crippen molar-refractivity contribution >= 4 is 35.2 Å². The zero-order chi connectivity index (χ0) is 26.2. The molecule has 0 unspecified atom stereocenters. The Morgan fingerprint density at radius 1 is 0.971 bits per heavy atom. The van der Waals surface area contributed by atoms with Gasteiger partial charge in [-0.2, -0.15) is 5.10 Å². The summed E-state index contributed by atoms with van der Waals surface area (Å²) in [7, 11) is 0. The van der Waals surface area contributed by atoms with Gasteiger partial charge in [0.25, 0.3) is 5.69 Å². The van der Waals surface area contributed by atoms with Crippen LogP contribution in [-0.4, -0.2) is 17.0 Å². The molecule has 0 aliphatic rings. The van der Waals surface area contributed by atoms with E-state index in [-0.39, 0.29) is 18.0 Å². The van der Waals surface area contributed by atoms with Crippen LogP contribution in [0, 0.1) is 10.1 Å². The second-order valence-corrected chi connectivity index (χ2v) is 6.61. The van der Waals surface area contributed by atoms with Gasteiger partial charge in [0.15, 0.2) is 0 Å².